The number of aliphatic carboxylic acids is 1. The van der Waals surface area contributed by atoms with Crippen molar-refractivity contribution in [2.45, 2.75) is 13.8 Å². The molecular weight excluding hydrogens is 252 g/mol. The Morgan fingerprint density at radius 1 is 1.33 bits per heavy atom. The molecule has 0 unspecified atom stereocenters. The molecule has 0 heterocycles. The van der Waals surface area contributed by atoms with E-state index in [0.717, 1.165) is 0 Å². The van der Waals surface area contributed by atoms with E-state index in [2.05, 4.69) is 0 Å². The number of carbonyl (C=O) groups excluding carboxylic acids is 1. The predicted octanol–water partition coefficient (Wildman–Crippen LogP) is -6.60. The number of carboxylic acids is 1. The van der Waals surface area contributed by atoms with Crippen LogP contribution in [0.2, 0.25) is 0 Å². The third-order valence-corrected chi connectivity index (χ3v) is 0.471. The second kappa shape index (κ2) is 11.5. The zero-order valence-electron chi connectivity index (χ0n) is 5.00. The van der Waals surface area contributed by atoms with Gasteiger partial charge in [-0.25, -0.2) is 0 Å². The van der Waals surface area contributed by atoms with E-state index in [1.54, 1.807) is 13.8 Å². The van der Waals surface area contributed by atoms with Crippen LogP contribution in [0.4, 0.5) is 0 Å². The van der Waals surface area contributed by atoms with E-state index in [1.807, 2.05) is 0 Å². The summed E-state index contributed by atoms with van der Waals surface area (Å²) in [6.45, 7) is 3.16. The maximum atomic E-state index is 9.59. The van der Waals surface area contributed by atoms with Gasteiger partial charge in [0.25, 0.3) is 0 Å². The van der Waals surface area contributed by atoms with E-state index in [0.29, 0.717) is 0 Å². The van der Waals surface area contributed by atoms with Crippen molar-refractivity contribution < 1.29 is 54.2 Å². The van der Waals surface area contributed by atoms with E-state index in [4.69, 9.17) is 0 Å². The van der Waals surface area contributed by atoms with Crippen LogP contribution in [0.15, 0.2) is 0 Å². The van der Waals surface area contributed by atoms with Crippen LogP contribution in [0, 0.1) is 5.92 Å². The van der Waals surface area contributed by atoms with Crippen LogP contribution in [0.5, 0.6) is 0 Å². The normalized spacial score (nSPS) is 6.11. The van der Waals surface area contributed by atoms with Crippen LogP contribution in [0.3, 0.4) is 0 Å². The minimum atomic E-state index is -0.991. The van der Waals surface area contributed by atoms with E-state index in [9.17, 15) is 9.90 Å². The Balaban J connectivity index is -0.0000000417. The van der Waals surface area contributed by atoms with Crippen molar-refractivity contribution in [1.29, 1.82) is 0 Å². The smallest absolute Gasteiger partial charge is 1.00 e. The fourth-order valence-corrected chi connectivity index (χ4v) is 0. The van der Waals surface area contributed by atoms with Crippen LogP contribution in [-0.2, 0) is 24.3 Å². The number of rotatable bonds is 1. The van der Waals surface area contributed by atoms with Crippen LogP contribution >= 0.6 is 0 Å². The standard InChI is InChI=1S/C4H8O2.2ClH.Ru/c1-3(2)4(5)6;;;/h3H,1-2H3,(H,5,6);2*1H;/q;;;+3/p-3. The first kappa shape index (κ1) is 22.6. The minimum absolute atomic E-state index is 0. The molecule has 0 aliphatic rings. The summed E-state index contributed by atoms with van der Waals surface area (Å²) in [7, 11) is 0. The average Bonchev–Trinajstić information content (AvgIpc) is 1.36. The van der Waals surface area contributed by atoms with Gasteiger partial charge in [-0.15, -0.1) is 0 Å². The molecule has 57 valence electrons. The third kappa shape index (κ3) is 17.7. The molecule has 0 aromatic carbocycles. The summed E-state index contributed by atoms with van der Waals surface area (Å²) in [5.74, 6) is -1.33. The minimum Gasteiger partial charge on any atom is -1.00 e. The number of halogens is 2. The zero-order chi connectivity index (χ0) is 5.15. The summed E-state index contributed by atoms with van der Waals surface area (Å²) in [6, 6.07) is 0. The molecule has 0 spiro atoms. The average molecular weight is 259 g/mol. The summed E-state index contributed by atoms with van der Waals surface area (Å²) < 4.78 is 0. The maximum Gasteiger partial charge on any atom is 3.00 e. The summed E-state index contributed by atoms with van der Waals surface area (Å²) >= 11 is 0. The molecule has 0 aliphatic carbocycles. The van der Waals surface area contributed by atoms with E-state index in [1.165, 1.54) is 0 Å². The number of hydrogen-bond donors (Lipinski definition) is 0. The van der Waals surface area contributed by atoms with Gasteiger partial charge in [-0.1, -0.05) is 13.8 Å². The molecule has 0 N–H and O–H groups in total. The quantitative estimate of drug-likeness (QED) is 0.439. The molecule has 0 saturated heterocycles. The molecule has 0 amide bonds. The first-order valence-electron chi connectivity index (χ1n) is 1.85. The molecule has 0 aromatic rings. The van der Waals surface area contributed by atoms with Crippen molar-refractivity contribution in [3.8, 4) is 0 Å². The Labute approximate surface area is 80.0 Å². The van der Waals surface area contributed by atoms with E-state index < -0.39 is 5.97 Å². The van der Waals surface area contributed by atoms with Crippen molar-refractivity contribution in [3.63, 3.8) is 0 Å². The molecule has 0 atom stereocenters. The summed E-state index contributed by atoms with van der Waals surface area (Å²) in [6.07, 6.45) is 0. The molecule has 0 aliphatic heterocycles. The van der Waals surface area contributed by atoms with Crippen molar-refractivity contribution >= 4 is 5.97 Å². The molecule has 0 aromatic heterocycles. The van der Waals surface area contributed by atoms with Crippen LogP contribution in [0.25, 0.3) is 0 Å². The number of carbonyl (C=O) groups is 1. The maximum absolute atomic E-state index is 9.59. The molecule has 0 bridgehead atoms. The van der Waals surface area contributed by atoms with Gasteiger partial charge in [0.05, 0.1) is 0 Å². The van der Waals surface area contributed by atoms with Crippen molar-refractivity contribution in [2.24, 2.45) is 5.92 Å². The van der Waals surface area contributed by atoms with Crippen molar-refractivity contribution in [2.75, 3.05) is 0 Å². The summed E-state index contributed by atoms with van der Waals surface area (Å²) in [5, 5.41) is 9.59. The van der Waals surface area contributed by atoms with Crippen LogP contribution in [-0.4, -0.2) is 5.97 Å². The van der Waals surface area contributed by atoms with E-state index in [-0.39, 0.29) is 50.2 Å². The second-order valence-corrected chi connectivity index (χ2v) is 1.47. The van der Waals surface area contributed by atoms with Crippen LogP contribution in [0.1, 0.15) is 13.8 Å². The Morgan fingerprint density at radius 3 is 1.44 bits per heavy atom. The van der Waals surface area contributed by atoms with Gasteiger partial charge in [-0.05, 0) is 5.92 Å². The molecule has 5 heteroatoms. The summed E-state index contributed by atoms with van der Waals surface area (Å²) in [5.41, 5.74) is 0. The fraction of sp³-hybridized carbons (Fsp3) is 0.750. The Morgan fingerprint density at radius 2 is 1.44 bits per heavy atom. The summed E-state index contributed by atoms with van der Waals surface area (Å²) in [4.78, 5) is 9.59. The third-order valence-electron chi connectivity index (χ3n) is 0.471. The SMILES string of the molecule is CC(C)C(=O)[O-].[Cl-].[Cl-].[Ru+3]. The molecule has 1 radical (unpaired) electrons. The van der Waals surface area contributed by atoms with Gasteiger partial charge in [0.15, 0.2) is 0 Å². The predicted molar refractivity (Wildman–Crippen MR) is 19.8 cm³/mol. The van der Waals surface area contributed by atoms with Gasteiger partial charge in [0, 0.05) is 5.97 Å². The zero-order valence-corrected chi connectivity index (χ0v) is 8.25. The molecule has 2 nitrogen and oxygen atoms in total. The van der Waals surface area contributed by atoms with Crippen LogP contribution < -0.4 is 29.9 Å². The number of carboxylic acid groups (broad SMARTS) is 1. The molecule has 0 rings (SSSR count). The Kier molecular flexibility index (Phi) is 28.8. The molecule has 0 fully saturated rings. The Hall–Kier alpha value is 0.673. The van der Waals surface area contributed by atoms with Gasteiger partial charge in [0.2, 0.25) is 0 Å². The molecule has 0 saturated carbocycles. The van der Waals surface area contributed by atoms with Gasteiger partial charge < -0.3 is 34.7 Å². The Bertz CT molecular complexity index is 67.6. The van der Waals surface area contributed by atoms with Gasteiger partial charge in [0.1, 0.15) is 0 Å². The molecule has 9 heavy (non-hydrogen) atoms. The van der Waals surface area contributed by atoms with Crippen molar-refractivity contribution in [1.82, 2.24) is 0 Å². The topological polar surface area (TPSA) is 40.1 Å². The largest absolute Gasteiger partial charge is 3.00 e. The first-order chi connectivity index (χ1) is 2.64. The van der Waals surface area contributed by atoms with Gasteiger partial charge in [-0.2, -0.15) is 0 Å². The van der Waals surface area contributed by atoms with Crippen molar-refractivity contribution in [3.05, 3.63) is 0 Å². The first-order valence-corrected chi connectivity index (χ1v) is 1.85. The second-order valence-electron chi connectivity index (χ2n) is 1.47. The van der Waals surface area contributed by atoms with Gasteiger partial charge >= 0.3 is 19.5 Å². The van der Waals surface area contributed by atoms with Gasteiger partial charge in [-0.3, -0.25) is 0 Å². The monoisotopic (exact) mass is 259 g/mol. The fourth-order valence-electron chi connectivity index (χ4n) is 0. The molecular formula is C4H7Cl2O2Ru. The number of hydrogen-bond acceptors (Lipinski definition) is 2. The van der Waals surface area contributed by atoms with E-state index >= 15 is 0 Å².